The zero-order chi connectivity index (χ0) is 15.6. The van der Waals surface area contributed by atoms with Crippen molar-refractivity contribution in [1.29, 1.82) is 0 Å². The van der Waals surface area contributed by atoms with E-state index >= 15 is 0 Å². The Balaban J connectivity index is 1.72. The number of anilines is 1. The minimum Gasteiger partial charge on any atom is -0.361 e. The Bertz CT molecular complexity index is 794. The van der Waals surface area contributed by atoms with Gasteiger partial charge in [0, 0.05) is 28.1 Å². The number of aromatic nitrogens is 3. The summed E-state index contributed by atoms with van der Waals surface area (Å²) in [7, 11) is 0. The lowest BCUT2D eigenvalue weighted by Gasteiger charge is -2.16. The van der Waals surface area contributed by atoms with E-state index in [4.69, 9.17) is 0 Å². The number of hydrogen-bond acceptors (Lipinski definition) is 4. The Morgan fingerprint density at radius 2 is 1.91 bits per heavy atom. The van der Waals surface area contributed by atoms with Crippen LogP contribution in [0.15, 0.2) is 47.7 Å². The van der Waals surface area contributed by atoms with Crippen LogP contribution in [-0.4, -0.2) is 21.4 Å². The molecule has 0 saturated heterocycles. The minimum absolute atomic E-state index is 0.00115. The van der Waals surface area contributed by atoms with Gasteiger partial charge < -0.3 is 4.98 Å². The number of aromatic amines is 1. The Kier molecular flexibility index (Phi) is 3.63. The summed E-state index contributed by atoms with van der Waals surface area (Å²) in [4.78, 5) is 3.21. The average Bonchev–Trinajstić information content (AvgIpc) is 2.90. The third kappa shape index (κ3) is 2.98. The van der Waals surface area contributed by atoms with Crippen LogP contribution in [-0.2, 0) is 5.41 Å². The van der Waals surface area contributed by atoms with Crippen LogP contribution in [0.4, 0.5) is 5.82 Å². The fourth-order valence-electron chi connectivity index (χ4n) is 2.16. The molecule has 2 heterocycles. The van der Waals surface area contributed by atoms with Crippen LogP contribution in [0.25, 0.3) is 10.9 Å². The summed E-state index contributed by atoms with van der Waals surface area (Å²) in [5, 5.41) is 13.7. The molecule has 0 fully saturated rings. The van der Waals surface area contributed by atoms with Crippen molar-refractivity contribution in [1.82, 2.24) is 15.2 Å². The lowest BCUT2D eigenvalue weighted by atomic mass is 9.92. The van der Waals surface area contributed by atoms with Crippen LogP contribution in [0.2, 0.25) is 0 Å². The molecule has 0 aliphatic heterocycles. The molecule has 0 bridgehead atoms. The molecule has 3 aromatic rings. The molecular weight excluding hydrogens is 274 g/mol. The molecule has 22 heavy (non-hydrogen) atoms. The Morgan fingerprint density at radius 3 is 2.64 bits per heavy atom. The highest BCUT2D eigenvalue weighted by atomic mass is 15.3. The van der Waals surface area contributed by atoms with Gasteiger partial charge in [0.05, 0.1) is 11.9 Å². The Morgan fingerprint density at radius 1 is 1.09 bits per heavy atom. The monoisotopic (exact) mass is 293 g/mol. The van der Waals surface area contributed by atoms with Crippen molar-refractivity contribution in [2.24, 2.45) is 5.10 Å². The van der Waals surface area contributed by atoms with Crippen LogP contribution < -0.4 is 5.43 Å². The van der Waals surface area contributed by atoms with Gasteiger partial charge >= 0.3 is 0 Å². The number of hydrogen-bond donors (Lipinski definition) is 2. The maximum absolute atomic E-state index is 4.23. The van der Waals surface area contributed by atoms with Crippen molar-refractivity contribution in [2.75, 3.05) is 5.43 Å². The molecule has 5 nitrogen and oxygen atoms in total. The Labute approximate surface area is 129 Å². The Hall–Kier alpha value is -2.69. The summed E-state index contributed by atoms with van der Waals surface area (Å²) in [6, 6.07) is 12.0. The first-order valence-electron chi connectivity index (χ1n) is 7.23. The highest BCUT2D eigenvalue weighted by Gasteiger charge is 2.15. The van der Waals surface area contributed by atoms with Gasteiger partial charge in [-0.3, -0.25) is 5.43 Å². The maximum Gasteiger partial charge on any atom is 0.168 e. The molecule has 0 radical (unpaired) electrons. The molecule has 2 aromatic heterocycles. The zero-order valence-corrected chi connectivity index (χ0v) is 13.0. The predicted molar refractivity (Wildman–Crippen MR) is 90.2 cm³/mol. The van der Waals surface area contributed by atoms with Gasteiger partial charge in [-0.15, -0.1) is 5.10 Å². The molecule has 0 saturated carbocycles. The maximum atomic E-state index is 4.23. The van der Waals surface area contributed by atoms with E-state index in [-0.39, 0.29) is 5.41 Å². The summed E-state index contributed by atoms with van der Waals surface area (Å²) in [6.07, 6.45) is 3.71. The first-order chi connectivity index (χ1) is 10.5. The molecule has 0 aliphatic rings. The van der Waals surface area contributed by atoms with Crippen LogP contribution in [0.5, 0.6) is 0 Å². The van der Waals surface area contributed by atoms with Crippen molar-refractivity contribution < 1.29 is 0 Å². The molecule has 112 valence electrons. The first-order valence-corrected chi connectivity index (χ1v) is 7.23. The van der Waals surface area contributed by atoms with E-state index in [1.807, 2.05) is 36.5 Å². The molecule has 5 heteroatoms. The lowest BCUT2D eigenvalue weighted by molar-refractivity contribution is 0.559. The van der Waals surface area contributed by atoms with Gasteiger partial charge in [0.25, 0.3) is 0 Å². The average molecular weight is 293 g/mol. The van der Waals surface area contributed by atoms with Crippen LogP contribution in [0.1, 0.15) is 32.0 Å². The standard InChI is InChI=1S/C17H19N5/c1-17(2,3)15-8-9-16(22-20-15)21-19-11-12-10-18-14-7-5-4-6-13(12)14/h4-11,18H,1-3H3,(H,21,22). The van der Waals surface area contributed by atoms with Crippen LogP contribution >= 0.6 is 0 Å². The van der Waals surface area contributed by atoms with Crippen LogP contribution in [0, 0.1) is 0 Å². The third-order valence-corrected chi connectivity index (χ3v) is 3.44. The fourth-order valence-corrected chi connectivity index (χ4v) is 2.16. The van der Waals surface area contributed by atoms with E-state index < -0.39 is 0 Å². The summed E-state index contributed by atoms with van der Waals surface area (Å²) in [6.45, 7) is 6.33. The SMILES string of the molecule is CC(C)(C)c1ccc(NN=Cc2c[nH]c3ccccc23)nn1. The van der Waals surface area contributed by atoms with E-state index in [2.05, 4.69) is 52.5 Å². The highest BCUT2D eigenvalue weighted by Crippen LogP contribution is 2.19. The number of benzene rings is 1. The molecule has 0 unspecified atom stereocenters. The van der Waals surface area contributed by atoms with Gasteiger partial charge in [-0.1, -0.05) is 39.0 Å². The van der Waals surface area contributed by atoms with Crippen molar-refractivity contribution >= 4 is 22.9 Å². The van der Waals surface area contributed by atoms with Crippen molar-refractivity contribution in [3.63, 3.8) is 0 Å². The summed E-state index contributed by atoms with van der Waals surface area (Å²) in [5.41, 5.74) is 5.99. The summed E-state index contributed by atoms with van der Waals surface area (Å²) >= 11 is 0. The number of para-hydroxylation sites is 1. The highest BCUT2D eigenvalue weighted by molar-refractivity contribution is 5.99. The number of fused-ring (bicyclic) bond motifs is 1. The van der Waals surface area contributed by atoms with Gasteiger partial charge in [0.15, 0.2) is 5.82 Å². The second kappa shape index (κ2) is 5.60. The van der Waals surface area contributed by atoms with E-state index in [9.17, 15) is 0 Å². The van der Waals surface area contributed by atoms with E-state index in [1.54, 1.807) is 6.21 Å². The number of hydrazone groups is 1. The molecule has 0 aliphatic carbocycles. The third-order valence-electron chi connectivity index (χ3n) is 3.44. The van der Waals surface area contributed by atoms with E-state index in [0.717, 1.165) is 22.2 Å². The van der Waals surface area contributed by atoms with Gasteiger partial charge in [0.2, 0.25) is 0 Å². The summed E-state index contributed by atoms with van der Waals surface area (Å²) < 4.78 is 0. The number of rotatable bonds is 3. The number of H-pyrrole nitrogens is 1. The van der Waals surface area contributed by atoms with Gasteiger partial charge in [-0.05, 0) is 18.2 Å². The van der Waals surface area contributed by atoms with E-state index in [0.29, 0.717) is 5.82 Å². The summed E-state index contributed by atoms with van der Waals surface area (Å²) in [5.74, 6) is 0.629. The second-order valence-electron chi connectivity index (χ2n) is 6.21. The van der Waals surface area contributed by atoms with E-state index in [1.165, 1.54) is 0 Å². The van der Waals surface area contributed by atoms with Crippen molar-refractivity contribution in [3.8, 4) is 0 Å². The number of nitrogens with one attached hydrogen (secondary N) is 2. The van der Waals surface area contributed by atoms with Crippen LogP contribution in [0.3, 0.4) is 0 Å². The predicted octanol–water partition coefficient (Wildman–Crippen LogP) is 3.70. The van der Waals surface area contributed by atoms with Gasteiger partial charge in [0.1, 0.15) is 0 Å². The topological polar surface area (TPSA) is 66.0 Å². The largest absolute Gasteiger partial charge is 0.361 e. The zero-order valence-electron chi connectivity index (χ0n) is 13.0. The first kappa shape index (κ1) is 14.3. The molecule has 0 atom stereocenters. The minimum atomic E-state index is -0.00115. The molecule has 0 amide bonds. The van der Waals surface area contributed by atoms with Crippen molar-refractivity contribution in [3.05, 3.63) is 53.9 Å². The van der Waals surface area contributed by atoms with Crippen molar-refractivity contribution in [2.45, 2.75) is 26.2 Å². The fraction of sp³-hybridized carbons (Fsp3) is 0.235. The normalized spacial score (nSPS) is 12.1. The molecule has 1 aromatic carbocycles. The van der Waals surface area contributed by atoms with Gasteiger partial charge in [-0.25, -0.2) is 0 Å². The molecule has 0 spiro atoms. The molecule has 2 N–H and O–H groups in total. The lowest BCUT2D eigenvalue weighted by Crippen LogP contribution is -2.14. The number of nitrogens with zero attached hydrogens (tertiary/aromatic N) is 3. The second-order valence-corrected chi connectivity index (χ2v) is 6.21. The van der Waals surface area contributed by atoms with Gasteiger partial charge in [-0.2, -0.15) is 10.2 Å². The molecular formula is C17H19N5. The molecule has 3 rings (SSSR count). The smallest absolute Gasteiger partial charge is 0.168 e. The quantitative estimate of drug-likeness (QED) is 0.571.